The van der Waals surface area contributed by atoms with Crippen LogP contribution in [0.4, 0.5) is 5.69 Å². The Kier molecular flexibility index (Phi) is 4.52. The average Bonchev–Trinajstić information content (AvgIpc) is 2.24. The maximum Gasteiger partial charge on any atom is 0.328 e. The number of hydrogen-bond acceptors (Lipinski definition) is 3. The molecule has 0 heterocycles. The molecule has 0 aromatic heterocycles. The first-order valence-corrected chi connectivity index (χ1v) is 5.57. The number of carboxylic acids is 1. The average molecular weight is 237 g/mol. The number of para-hydroxylation sites is 1. The van der Waals surface area contributed by atoms with Crippen molar-refractivity contribution in [3.8, 4) is 0 Å². The van der Waals surface area contributed by atoms with Gasteiger partial charge in [0.05, 0.1) is 12.2 Å². The van der Waals surface area contributed by atoms with E-state index in [1.807, 2.05) is 51.1 Å². The first kappa shape index (κ1) is 13.5. The van der Waals surface area contributed by atoms with Gasteiger partial charge in [0.15, 0.2) is 0 Å². The third-order valence-corrected chi connectivity index (χ3v) is 2.10. The number of aliphatic carboxylic acids is 1. The Hall–Kier alpha value is -1.55. The largest absolute Gasteiger partial charge is 0.480 e. The van der Waals surface area contributed by atoms with Crippen molar-refractivity contribution in [1.29, 1.82) is 0 Å². The van der Waals surface area contributed by atoms with Crippen LogP contribution in [0.1, 0.15) is 20.8 Å². The van der Waals surface area contributed by atoms with Gasteiger partial charge in [0.1, 0.15) is 6.04 Å². The summed E-state index contributed by atoms with van der Waals surface area (Å²) in [5, 5.41) is 12.0. The van der Waals surface area contributed by atoms with Crippen LogP contribution in [0.25, 0.3) is 0 Å². The fourth-order valence-electron chi connectivity index (χ4n) is 1.24. The van der Waals surface area contributed by atoms with Gasteiger partial charge in [-0.1, -0.05) is 18.2 Å². The summed E-state index contributed by atoms with van der Waals surface area (Å²) < 4.78 is 5.48. The van der Waals surface area contributed by atoms with Crippen molar-refractivity contribution in [2.75, 3.05) is 11.9 Å². The Morgan fingerprint density at radius 1 is 1.35 bits per heavy atom. The second kappa shape index (κ2) is 5.68. The van der Waals surface area contributed by atoms with E-state index >= 15 is 0 Å². The standard InChI is InChI=1S/C13H19NO3/c1-13(2,3)17-9-11(12(15)16)14-10-7-5-4-6-8-10/h4-8,11,14H,9H2,1-3H3,(H,15,16). The zero-order valence-corrected chi connectivity index (χ0v) is 10.4. The first-order valence-electron chi connectivity index (χ1n) is 5.57. The summed E-state index contributed by atoms with van der Waals surface area (Å²) >= 11 is 0. The summed E-state index contributed by atoms with van der Waals surface area (Å²) in [6.07, 6.45) is 0. The topological polar surface area (TPSA) is 58.6 Å². The lowest BCUT2D eigenvalue weighted by Crippen LogP contribution is -2.37. The van der Waals surface area contributed by atoms with Crippen molar-refractivity contribution in [2.24, 2.45) is 0 Å². The molecule has 1 atom stereocenters. The Morgan fingerprint density at radius 3 is 2.41 bits per heavy atom. The summed E-state index contributed by atoms with van der Waals surface area (Å²) in [6.45, 7) is 5.82. The van der Waals surface area contributed by atoms with Gasteiger partial charge in [-0.25, -0.2) is 4.79 Å². The molecule has 0 aliphatic heterocycles. The molecule has 1 unspecified atom stereocenters. The predicted molar refractivity (Wildman–Crippen MR) is 67.2 cm³/mol. The van der Waals surface area contributed by atoms with Crippen molar-refractivity contribution in [3.05, 3.63) is 30.3 Å². The minimum Gasteiger partial charge on any atom is -0.480 e. The molecule has 1 aromatic carbocycles. The quantitative estimate of drug-likeness (QED) is 0.825. The molecular formula is C13H19NO3. The minimum atomic E-state index is -0.918. The van der Waals surface area contributed by atoms with E-state index in [2.05, 4.69) is 5.32 Å². The fourth-order valence-corrected chi connectivity index (χ4v) is 1.24. The van der Waals surface area contributed by atoms with Crippen molar-refractivity contribution >= 4 is 11.7 Å². The fraction of sp³-hybridized carbons (Fsp3) is 0.462. The third kappa shape index (κ3) is 5.36. The molecule has 0 saturated heterocycles. The van der Waals surface area contributed by atoms with Gasteiger partial charge in [-0.3, -0.25) is 0 Å². The summed E-state index contributed by atoms with van der Waals surface area (Å²) in [4.78, 5) is 11.1. The van der Waals surface area contributed by atoms with E-state index in [0.717, 1.165) is 5.69 Å². The van der Waals surface area contributed by atoms with Crippen LogP contribution >= 0.6 is 0 Å². The maximum atomic E-state index is 11.1. The molecule has 0 aliphatic carbocycles. The summed E-state index contributed by atoms with van der Waals surface area (Å²) in [6, 6.07) is 8.50. The van der Waals surface area contributed by atoms with Crippen LogP contribution < -0.4 is 5.32 Å². The monoisotopic (exact) mass is 237 g/mol. The molecule has 94 valence electrons. The van der Waals surface area contributed by atoms with E-state index in [4.69, 9.17) is 9.84 Å². The van der Waals surface area contributed by atoms with Crippen LogP contribution in [-0.2, 0) is 9.53 Å². The normalized spacial score (nSPS) is 13.1. The van der Waals surface area contributed by atoms with Gasteiger partial charge >= 0.3 is 5.97 Å². The molecular weight excluding hydrogens is 218 g/mol. The van der Waals surface area contributed by atoms with Gasteiger partial charge in [0, 0.05) is 5.69 Å². The molecule has 1 rings (SSSR count). The highest BCUT2D eigenvalue weighted by Gasteiger charge is 2.20. The summed E-state index contributed by atoms with van der Waals surface area (Å²) in [7, 11) is 0. The lowest BCUT2D eigenvalue weighted by atomic mass is 10.2. The third-order valence-electron chi connectivity index (χ3n) is 2.10. The summed E-state index contributed by atoms with van der Waals surface area (Å²) in [5.74, 6) is -0.918. The number of rotatable bonds is 5. The number of benzene rings is 1. The number of ether oxygens (including phenoxy) is 1. The van der Waals surface area contributed by atoms with Gasteiger partial charge in [-0.05, 0) is 32.9 Å². The van der Waals surface area contributed by atoms with Crippen molar-refractivity contribution < 1.29 is 14.6 Å². The van der Waals surface area contributed by atoms with Crippen LogP contribution in [0.5, 0.6) is 0 Å². The zero-order valence-electron chi connectivity index (χ0n) is 10.4. The highest BCUT2D eigenvalue weighted by Crippen LogP contribution is 2.11. The number of nitrogens with one attached hydrogen (secondary N) is 1. The predicted octanol–water partition coefficient (Wildman–Crippen LogP) is 2.37. The van der Waals surface area contributed by atoms with Crippen molar-refractivity contribution in [2.45, 2.75) is 32.4 Å². The molecule has 4 nitrogen and oxygen atoms in total. The molecule has 0 bridgehead atoms. The number of carboxylic acid groups (broad SMARTS) is 1. The van der Waals surface area contributed by atoms with E-state index in [-0.39, 0.29) is 12.2 Å². The van der Waals surface area contributed by atoms with E-state index in [0.29, 0.717) is 0 Å². The molecule has 0 spiro atoms. The van der Waals surface area contributed by atoms with Crippen molar-refractivity contribution in [3.63, 3.8) is 0 Å². The molecule has 4 heteroatoms. The minimum absolute atomic E-state index is 0.133. The Bertz CT molecular complexity index is 357. The molecule has 0 aliphatic rings. The Balaban J connectivity index is 2.59. The van der Waals surface area contributed by atoms with Crippen LogP contribution in [0.15, 0.2) is 30.3 Å². The highest BCUT2D eigenvalue weighted by molar-refractivity contribution is 5.77. The number of anilines is 1. The zero-order chi connectivity index (χ0) is 12.9. The second-order valence-corrected chi connectivity index (χ2v) is 4.82. The van der Waals surface area contributed by atoms with Gasteiger partial charge in [0.25, 0.3) is 0 Å². The van der Waals surface area contributed by atoms with Crippen LogP contribution in [-0.4, -0.2) is 29.3 Å². The molecule has 2 N–H and O–H groups in total. The smallest absolute Gasteiger partial charge is 0.328 e. The van der Waals surface area contributed by atoms with E-state index in [1.54, 1.807) is 0 Å². The van der Waals surface area contributed by atoms with Crippen LogP contribution in [0.2, 0.25) is 0 Å². The number of carbonyl (C=O) groups is 1. The van der Waals surface area contributed by atoms with Crippen LogP contribution in [0, 0.1) is 0 Å². The summed E-state index contributed by atoms with van der Waals surface area (Å²) in [5.41, 5.74) is 0.434. The molecule has 0 radical (unpaired) electrons. The second-order valence-electron chi connectivity index (χ2n) is 4.82. The molecule has 0 amide bonds. The molecule has 17 heavy (non-hydrogen) atoms. The van der Waals surface area contributed by atoms with E-state index in [1.165, 1.54) is 0 Å². The SMILES string of the molecule is CC(C)(C)OCC(Nc1ccccc1)C(=O)O. The first-order chi connectivity index (χ1) is 7.88. The maximum absolute atomic E-state index is 11.1. The van der Waals surface area contributed by atoms with Gasteiger partial charge < -0.3 is 15.2 Å². The number of hydrogen-bond donors (Lipinski definition) is 2. The Labute approximate surface area is 102 Å². The molecule has 0 saturated carbocycles. The molecule has 0 fully saturated rings. The lowest BCUT2D eigenvalue weighted by Gasteiger charge is -2.23. The lowest BCUT2D eigenvalue weighted by molar-refractivity contribution is -0.140. The van der Waals surface area contributed by atoms with Crippen LogP contribution in [0.3, 0.4) is 0 Å². The van der Waals surface area contributed by atoms with Gasteiger partial charge in [-0.15, -0.1) is 0 Å². The van der Waals surface area contributed by atoms with Crippen molar-refractivity contribution in [1.82, 2.24) is 0 Å². The van der Waals surface area contributed by atoms with Gasteiger partial charge in [0.2, 0.25) is 0 Å². The van der Waals surface area contributed by atoms with E-state index in [9.17, 15) is 4.79 Å². The Morgan fingerprint density at radius 2 is 1.94 bits per heavy atom. The van der Waals surface area contributed by atoms with Gasteiger partial charge in [-0.2, -0.15) is 0 Å². The molecule has 1 aromatic rings. The van der Waals surface area contributed by atoms with E-state index < -0.39 is 12.0 Å². The highest BCUT2D eigenvalue weighted by atomic mass is 16.5.